The highest BCUT2D eigenvalue weighted by molar-refractivity contribution is 6.30. The number of halogens is 2. The molecular formula is C26H25ClFN5O2. The summed E-state index contributed by atoms with van der Waals surface area (Å²) in [6, 6.07) is 13.5. The van der Waals surface area contributed by atoms with Gasteiger partial charge in [-0.1, -0.05) is 48.7 Å². The topological polar surface area (TPSA) is 81.8 Å². The fourth-order valence-electron chi connectivity index (χ4n) is 4.90. The van der Waals surface area contributed by atoms with Gasteiger partial charge in [-0.25, -0.2) is 14.1 Å². The molecule has 2 heterocycles. The average Bonchev–Trinajstić information content (AvgIpc) is 3.52. The summed E-state index contributed by atoms with van der Waals surface area (Å²) in [4.78, 5) is 30.6. The first kappa shape index (κ1) is 23.2. The maximum absolute atomic E-state index is 13.3. The van der Waals surface area contributed by atoms with Gasteiger partial charge in [0.15, 0.2) is 5.65 Å². The Labute approximate surface area is 206 Å². The van der Waals surface area contributed by atoms with E-state index in [9.17, 15) is 14.0 Å². The van der Waals surface area contributed by atoms with Crippen molar-refractivity contribution >= 4 is 28.5 Å². The van der Waals surface area contributed by atoms with E-state index in [1.54, 1.807) is 16.8 Å². The summed E-state index contributed by atoms with van der Waals surface area (Å²) in [6.07, 6.45) is 6.60. The Kier molecular flexibility index (Phi) is 6.38. The zero-order valence-electron chi connectivity index (χ0n) is 19.1. The SMILES string of the molecule is O=C(NCCn1ncc2c(=O)n(Cc3ccc(F)cc3)cnc21)C1(c2ccc(Cl)cc2)CCCC1. The van der Waals surface area contributed by atoms with Crippen LogP contribution >= 0.6 is 11.6 Å². The minimum atomic E-state index is -0.539. The number of aromatic nitrogens is 4. The third-order valence-electron chi connectivity index (χ3n) is 6.79. The molecule has 0 unspecified atom stereocenters. The van der Waals surface area contributed by atoms with Crippen LogP contribution < -0.4 is 10.9 Å². The van der Waals surface area contributed by atoms with E-state index in [-0.39, 0.29) is 23.8 Å². The van der Waals surface area contributed by atoms with E-state index >= 15 is 0 Å². The monoisotopic (exact) mass is 493 g/mol. The highest BCUT2D eigenvalue weighted by Gasteiger charge is 2.42. The van der Waals surface area contributed by atoms with Crippen LogP contribution in [0, 0.1) is 5.82 Å². The Morgan fingerprint density at radius 3 is 2.51 bits per heavy atom. The van der Waals surface area contributed by atoms with Gasteiger partial charge in [0, 0.05) is 11.6 Å². The van der Waals surface area contributed by atoms with Crippen LogP contribution in [0.3, 0.4) is 0 Å². The predicted octanol–water partition coefficient (Wildman–Crippen LogP) is 4.06. The van der Waals surface area contributed by atoms with Crippen molar-refractivity contribution in [3.63, 3.8) is 0 Å². The van der Waals surface area contributed by atoms with E-state index in [4.69, 9.17) is 11.6 Å². The van der Waals surface area contributed by atoms with E-state index in [2.05, 4.69) is 15.4 Å². The number of carbonyl (C=O) groups excluding carboxylic acids is 1. The number of carbonyl (C=O) groups is 1. The Morgan fingerprint density at radius 2 is 1.80 bits per heavy atom. The van der Waals surface area contributed by atoms with Gasteiger partial charge in [0.2, 0.25) is 5.91 Å². The third-order valence-corrected chi connectivity index (χ3v) is 7.04. The van der Waals surface area contributed by atoms with Crippen LogP contribution in [-0.2, 0) is 23.3 Å². The van der Waals surface area contributed by atoms with Crippen LogP contribution in [0.15, 0.2) is 65.8 Å². The standard InChI is InChI=1S/C26H25ClFN5O2/c27-20-7-5-19(6-8-20)26(11-1-2-12-26)25(35)29-13-14-33-23-22(15-31-33)24(34)32(17-30-23)16-18-3-9-21(28)10-4-18/h3-10,15,17H,1-2,11-14,16H2,(H,29,35). The molecule has 180 valence electrons. The van der Waals surface area contributed by atoms with Crippen molar-refractivity contribution in [2.24, 2.45) is 0 Å². The molecule has 0 bridgehead atoms. The molecule has 2 aromatic heterocycles. The van der Waals surface area contributed by atoms with Crippen molar-refractivity contribution in [2.45, 2.75) is 44.2 Å². The molecular weight excluding hydrogens is 469 g/mol. The summed E-state index contributed by atoms with van der Waals surface area (Å²) in [5, 5.41) is 8.44. The normalized spacial score (nSPS) is 14.9. The van der Waals surface area contributed by atoms with Crippen LogP contribution in [0.25, 0.3) is 11.0 Å². The van der Waals surface area contributed by atoms with E-state index in [0.29, 0.717) is 29.1 Å². The van der Waals surface area contributed by atoms with Crippen LogP contribution in [-0.4, -0.2) is 31.8 Å². The summed E-state index contributed by atoms with van der Waals surface area (Å²) in [7, 11) is 0. The molecule has 1 saturated carbocycles. The third kappa shape index (κ3) is 4.58. The van der Waals surface area contributed by atoms with Crippen LogP contribution in [0.2, 0.25) is 5.02 Å². The minimum Gasteiger partial charge on any atom is -0.353 e. The number of nitrogens with zero attached hydrogens (tertiary/aromatic N) is 4. The van der Waals surface area contributed by atoms with Crippen molar-refractivity contribution in [1.82, 2.24) is 24.6 Å². The lowest BCUT2D eigenvalue weighted by Gasteiger charge is -2.28. The zero-order chi connectivity index (χ0) is 24.4. The lowest BCUT2D eigenvalue weighted by atomic mass is 9.78. The van der Waals surface area contributed by atoms with Gasteiger partial charge in [-0.15, -0.1) is 0 Å². The Hall–Kier alpha value is -3.52. The van der Waals surface area contributed by atoms with Gasteiger partial charge in [-0.2, -0.15) is 5.10 Å². The first-order valence-electron chi connectivity index (χ1n) is 11.7. The molecule has 7 nitrogen and oxygen atoms in total. The molecule has 0 spiro atoms. The molecule has 1 aliphatic rings. The molecule has 2 aromatic carbocycles. The molecule has 5 rings (SSSR count). The van der Waals surface area contributed by atoms with Crippen LogP contribution in [0.1, 0.15) is 36.8 Å². The molecule has 0 saturated heterocycles. The van der Waals surface area contributed by atoms with E-state index in [0.717, 1.165) is 36.8 Å². The zero-order valence-corrected chi connectivity index (χ0v) is 19.8. The molecule has 0 radical (unpaired) electrons. The Morgan fingerprint density at radius 1 is 1.09 bits per heavy atom. The van der Waals surface area contributed by atoms with Crippen LogP contribution in [0.5, 0.6) is 0 Å². The first-order valence-corrected chi connectivity index (χ1v) is 12.0. The van der Waals surface area contributed by atoms with Gasteiger partial charge in [-0.3, -0.25) is 14.2 Å². The van der Waals surface area contributed by atoms with Crippen LogP contribution in [0.4, 0.5) is 4.39 Å². The van der Waals surface area contributed by atoms with Crippen molar-refractivity contribution < 1.29 is 9.18 Å². The number of nitrogens with one attached hydrogen (secondary N) is 1. The first-order chi connectivity index (χ1) is 17.0. The molecule has 1 fully saturated rings. The number of rotatable bonds is 7. The lowest BCUT2D eigenvalue weighted by molar-refractivity contribution is -0.126. The summed E-state index contributed by atoms with van der Waals surface area (Å²) in [5.74, 6) is -0.321. The molecule has 9 heteroatoms. The summed E-state index contributed by atoms with van der Waals surface area (Å²) < 4.78 is 16.3. The van der Waals surface area contributed by atoms with Gasteiger partial charge >= 0.3 is 0 Å². The maximum Gasteiger partial charge on any atom is 0.264 e. The van der Waals surface area contributed by atoms with Gasteiger partial charge in [0.25, 0.3) is 5.56 Å². The van der Waals surface area contributed by atoms with Crippen molar-refractivity contribution in [3.8, 4) is 0 Å². The highest BCUT2D eigenvalue weighted by Crippen LogP contribution is 2.41. The number of benzene rings is 2. The second kappa shape index (κ2) is 9.62. The highest BCUT2D eigenvalue weighted by atomic mass is 35.5. The van der Waals surface area contributed by atoms with E-state index in [1.807, 2.05) is 24.3 Å². The molecule has 1 aliphatic carbocycles. The van der Waals surface area contributed by atoms with E-state index in [1.165, 1.54) is 29.2 Å². The molecule has 0 aliphatic heterocycles. The fourth-order valence-corrected chi connectivity index (χ4v) is 5.03. The Bertz CT molecular complexity index is 1410. The van der Waals surface area contributed by atoms with Crippen molar-refractivity contribution in [1.29, 1.82) is 0 Å². The lowest BCUT2D eigenvalue weighted by Crippen LogP contribution is -2.43. The van der Waals surface area contributed by atoms with Gasteiger partial charge in [0.1, 0.15) is 17.5 Å². The average molecular weight is 494 g/mol. The van der Waals surface area contributed by atoms with Gasteiger partial charge in [-0.05, 0) is 48.2 Å². The van der Waals surface area contributed by atoms with Crippen molar-refractivity contribution in [2.75, 3.05) is 6.54 Å². The number of hydrogen-bond donors (Lipinski definition) is 1. The molecule has 1 N–H and O–H groups in total. The maximum atomic E-state index is 13.3. The quantitative estimate of drug-likeness (QED) is 0.421. The Balaban J connectivity index is 1.28. The summed E-state index contributed by atoms with van der Waals surface area (Å²) in [6.45, 7) is 1.04. The summed E-state index contributed by atoms with van der Waals surface area (Å²) in [5.41, 5.74) is 1.49. The minimum absolute atomic E-state index is 0.00315. The van der Waals surface area contributed by atoms with Gasteiger partial charge in [0.05, 0.1) is 24.7 Å². The second-order valence-corrected chi connectivity index (χ2v) is 9.40. The smallest absolute Gasteiger partial charge is 0.264 e. The van der Waals surface area contributed by atoms with Crippen molar-refractivity contribution in [3.05, 3.63) is 93.4 Å². The fraction of sp³-hybridized carbons (Fsp3) is 0.308. The van der Waals surface area contributed by atoms with E-state index < -0.39 is 5.41 Å². The second-order valence-electron chi connectivity index (χ2n) is 8.96. The summed E-state index contributed by atoms with van der Waals surface area (Å²) >= 11 is 6.05. The number of fused-ring (bicyclic) bond motifs is 1. The molecule has 4 aromatic rings. The number of amides is 1. The molecule has 35 heavy (non-hydrogen) atoms. The number of hydrogen-bond acceptors (Lipinski definition) is 4. The molecule has 0 atom stereocenters. The predicted molar refractivity (Wildman–Crippen MR) is 132 cm³/mol. The molecule has 1 amide bonds. The van der Waals surface area contributed by atoms with Gasteiger partial charge < -0.3 is 5.32 Å². The largest absolute Gasteiger partial charge is 0.353 e.